The minimum atomic E-state index is 0.836. The van der Waals surface area contributed by atoms with E-state index in [0.29, 0.717) is 0 Å². The van der Waals surface area contributed by atoms with E-state index in [-0.39, 0.29) is 0 Å². The molecule has 0 atom stereocenters. The van der Waals surface area contributed by atoms with Gasteiger partial charge >= 0.3 is 0 Å². The Kier molecular flexibility index (Phi) is 8.87. The Hall–Kier alpha value is -1.24. The van der Waals surface area contributed by atoms with Crippen LogP contribution in [0, 0.1) is 0 Å². The van der Waals surface area contributed by atoms with Crippen molar-refractivity contribution in [3.05, 3.63) is 36.4 Å². The number of rotatable bonds is 11. The van der Waals surface area contributed by atoms with Gasteiger partial charge in [-0.25, -0.2) is 0 Å². The van der Waals surface area contributed by atoms with Gasteiger partial charge in [0.15, 0.2) is 0 Å². The van der Waals surface area contributed by atoms with Crippen LogP contribution in [0.25, 0.3) is 6.08 Å². The molecular formula is C18H28O. The minimum Gasteiger partial charge on any atom is -0.494 e. The van der Waals surface area contributed by atoms with Crippen molar-refractivity contribution in [1.82, 2.24) is 0 Å². The van der Waals surface area contributed by atoms with Gasteiger partial charge in [-0.3, -0.25) is 0 Å². The van der Waals surface area contributed by atoms with E-state index in [0.717, 1.165) is 24.3 Å². The monoisotopic (exact) mass is 260 g/mol. The molecule has 1 rings (SSSR count). The minimum absolute atomic E-state index is 0.836. The maximum Gasteiger partial charge on any atom is 0.119 e. The van der Waals surface area contributed by atoms with E-state index in [2.05, 4.69) is 13.5 Å². The van der Waals surface area contributed by atoms with Crippen LogP contribution in [0.15, 0.2) is 30.8 Å². The van der Waals surface area contributed by atoms with Gasteiger partial charge in [-0.05, 0) is 24.1 Å². The van der Waals surface area contributed by atoms with Crippen molar-refractivity contribution in [3.63, 3.8) is 0 Å². The standard InChI is InChI=1S/C18H28O/c1-3-5-6-7-8-9-10-11-16-19-18-14-12-17(4-2)13-15-18/h4,12-15H,2-3,5-11,16H2,1H3. The van der Waals surface area contributed by atoms with E-state index in [4.69, 9.17) is 4.74 Å². The molecule has 0 saturated heterocycles. The van der Waals surface area contributed by atoms with Crippen molar-refractivity contribution in [3.8, 4) is 5.75 Å². The predicted molar refractivity (Wildman–Crippen MR) is 84.6 cm³/mol. The van der Waals surface area contributed by atoms with Gasteiger partial charge in [0.1, 0.15) is 5.75 Å². The second-order valence-electron chi connectivity index (χ2n) is 5.10. The van der Waals surface area contributed by atoms with Gasteiger partial charge in [0.25, 0.3) is 0 Å². The van der Waals surface area contributed by atoms with E-state index in [9.17, 15) is 0 Å². The summed E-state index contributed by atoms with van der Waals surface area (Å²) in [6.07, 6.45) is 12.6. The summed E-state index contributed by atoms with van der Waals surface area (Å²) in [5.74, 6) is 0.966. The second kappa shape index (κ2) is 10.7. The number of unbranched alkanes of at least 4 members (excludes halogenated alkanes) is 7. The molecule has 19 heavy (non-hydrogen) atoms. The summed E-state index contributed by atoms with van der Waals surface area (Å²) in [6, 6.07) is 8.11. The third kappa shape index (κ3) is 7.71. The molecule has 1 aromatic rings. The quantitative estimate of drug-likeness (QED) is 0.453. The lowest BCUT2D eigenvalue weighted by atomic mass is 10.1. The molecule has 0 amide bonds. The van der Waals surface area contributed by atoms with Crippen molar-refractivity contribution in [2.75, 3.05) is 6.61 Å². The van der Waals surface area contributed by atoms with Crippen LogP contribution in [0.4, 0.5) is 0 Å². The van der Waals surface area contributed by atoms with Gasteiger partial charge in [-0.2, -0.15) is 0 Å². The zero-order chi connectivity index (χ0) is 13.8. The first-order valence-corrected chi connectivity index (χ1v) is 7.72. The largest absolute Gasteiger partial charge is 0.494 e. The van der Waals surface area contributed by atoms with E-state index in [1.54, 1.807) is 0 Å². The molecule has 0 aliphatic heterocycles. The summed E-state index contributed by atoms with van der Waals surface area (Å²) in [5.41, 5.74) is 1.14. The van der Waals surface area contributed by atoms with Crippen LogP contribution in [0.1, 0.15) is 63.9 Å². The topological polar surface area (TPSA) is 9.23 Å². The van der Waals surface area contributed by atoms with Crippen LogP contribution >= 0.6 is 0 Å². The Morgan fingerprint density at radius 2 is 1.47 bits per heavy atom. The number of hydrogen-bond acceptors (Lipinski definition) is 1. The summed E-state index contributed by atoms with van der Waals surface area (Å²) in [7, 11) is 0. The van der Waals surface area contributed by atoms with Crippen molar-refractivity contribution >= 4 is 6.08 Å². The molecule has 0 bridgehead atoms. The van der Waals surface area contributed by atoms with Gasteiger partial charge < -0.3 is 4.74 Å². The number of benzene rings is 1. The van der Waals surface area contributed by atoms with Crippen LogP contribution in [0.3, 0.4) is 0 Å². The molecule has 0 saturated carbocycles. The van der Waals surface area contributed by atoms with E-state index in [1.807, 2.05) is 30.3 Å². The highest BCUT2D eigenvalue weighted by Gasteiger charge is 1.95. The molecule has 0 radical (unpaired) electrons. The van der Waals surface area contributed by atoms with Gasteiger partial charge in [-0.15, -0.1) is 0 Å². The Balaban J connectivity index is 1.96. The molecule has 1 nitrogen and oxygen atoms in total. The highest BCUT2D eigenvalue weighted by atomic mass is 16.5. The summed E-state index contributed by atoms with van der Waals surface area (Å²) in [4.78, 5) is 0. The Morgan fingerprint density at radius 1 is 0.895 bits per heavy atom. The predicted octanol–water partition coefficient (Wildman–Crippen LogP) is 5.85. The average Bonchev–Trinajstić information content (AvgIpc) is 2.46. The van der Waals surface area contributed by atoms with E-state index in [1.165, 1.54) is 44.9 Å². The highest BCUT2D eigenvalue weighted by Crippen LogP contribution is 2.14. The van der Waals surface area contributed by atoms with E-state index < -0.39 is 0 Å². The fourth-order valence-electron chi connectivity index (χ4n) is 2.13. The fraction of sp³-hybridized carbons (Fsp3) is 0.556. The molecule has 106 valence electrons. The zero-order valence-corrected chi connectivity index (χ0v) is 12.4. The molecule has 1 aromatic carbocycles. The molecule has 0 aromatic heterocycles. The SMILES string of the molecule is C=Cc1ccc(OCCCCCCCCCC)cc1. The summed E-state index contributed by atoms with van der Waals surface area (Å²) >= 11 is 0. The second-order valence-corrected chi connectivity index (χ2v) is 5.10. The molecule has 0 fully saturated rings. The van der Waals surface area contributed by atoms with Crippen LogP contribution in [-0.4, -0.2) is 6.61 Å². The van der Waals surface area contributed by atoms with Crippen molar-refractivity contribution < 1.29 is 4.74 Å². The molecular weight excluding hydrogens is 232 g/mol. The summed E-state index contributed by atoms with van der Waals surface area (Å²) < 4.78 is 5.72. The first-order valence-electron chi connectivity index (χ1n) is 7.72. The van der Waals surface area contributed by atoms with Crippen molar-refractivity contribution in [1.29, 1.82) is 0 Å². The Labute approximate surface area is 118 Å². The van der Waals surface area contributed by atoms with Crippen molar-refractivity contribution in [2.24, 2.45) is 0 Å². The fourth-order valence-corrected chi connectivity index (χ4v) is 2.13. The van der Waals surface area contributed by atoms with Gasteiger partial charge in [0.05, 0.1) is 6.61 Å². The molecule has 0 N–H and O–H groups in total. The van der Waals surface area contributed by atoms with Crippen LogP contribution in [0.2, 0.25) is 0 Å². The van der Waals surface area contributed by atoms with Gasteiger partial charge in [-0.1, -0.05) is 76.7 Å². The van der Waals surface area contributed by atoms with Crippen LogP contribution < -0.4 is 4.74 Å². The van der Waals surface area contributed by atoms with Crippen LogP contribution in [-0.2, 0) is 0 Å². The Bertz CT molecular complexity index is 326. The zero-order valence-electron chi connectivity index (χ0n) is 12.4. The third-order valence-corrected chi connectivity index (χ3v) is 3.38. The van der Waals surface area contributed by atoms with Crippen molar-refractivity contribution in [2.45, 2.75) is 58.3 Å². The molecule has 0 heterocycles. The highest BCUT2D eigenvalue weighted by molar-refractivity contribution is 5.48. The molecule has 0 aliphatic rings. The lowest BCUT2D eigenvalue weighted by molar-refractivity contribution is 0.304. The Morgan fingerprint density at radius 3 is 2.05 bits per heavy atom. The maximum atomic E-state index is 5.72. The molecule has 0 aliphatic carbocycles. The first kappa shape index (κ1) is 15.8. The van der Waals surface area contributed by atoms with Gasteiger partial charge in [0.2, 0.25) is 0 Å². The number of hydrogen-bond donors (Lipinski definition) is 0. The summed E-state index contributed by atoms with van der Waals surface area (Å²) in [6.45, 7) is 6.84. The normalized spacial score (nSPS) is 10.4. The molecule has 0 unspecified atom stereocenters. The lowest BCUT2D eigenvalue weighted by Crippen LogP contribution is -1.97. The van der Waals surface area contributed by atoms with Crippen LogP contribution in [0.5, 0.6) is 5.75 Å². The molecule has 0 spiro atoms. The maximum absolute atomic E-state index is 5.72. The smallest absolute Gasteiger partial charge is 0.119 e. The lowest BCUT2D eigenvalue weighted by Gasteiger charge is -2.06. The summed E-state index contributed by atoms with van der Waals surface area (Å²) in [5, 5.41) is 0. The first-order chi connectivity index (χ1) is 9.36. The average molecular weight is 260 g/mol. The third-order valence-electron chi connectivity index (χ3n) is 3.38. The van der Waals surface area contributed by atoms with Gasteiger partial charge in [0, 0.05) is 0 Å². The number of ether oxygens (including phenoxy) is 1. The molecule has 1 heteroatoms. The van der Waals surface area contributed by atoms with E-state index >= 15 is 0 Å².